The SMILES string of the molecule is COc1cccc(Nc2ccc(C(=O)NCc3cccnc3)nc2)c1. The lowest BCUT2D eigenvalue weighted by atomic mass is 10.2. The molecule has 0 aliphatic heterocycles. The second-order valence-electron chi connectivity index (χ2n) is 5.33. The molecule has 126 valence electrons. The molecule has 0 aliphatic carbocycles. The fourth-order valence-electron chi connectivity index (χ4n) is 2.25. The van der Waals surface area contributed by atoms with Crippen LogP contribution >= 0.6 is 0 Å². The molecule has 0 spiro atoms. The molecule has 6 nitrogen and oxygen atoms in total. The number of carbonyl (C=O) groups is 1. The number of nitrogens with one attached hydrogen (secondary N) is 2. The van der Waals surface area contributed by atoms with Crippen LogP contribution in [-0.4, -0.2) is 23.0 Å². The highest BCUT2D eigenvalue weighted by Gasteiger charge is 2.07. The van der Waals surface area contributed by atoms with Gasteiger partial charge in [0.25, 0.3) is 5.91 Å². The van der Waals surface area contributed by atoms with Crippen LogP contribution in [0, 0.1) is 0 Å². The molecule has 3 rings (SSSR count). The summed E-state index contributed by atoms with van der Waals surface area (Å²) in [5, 5.41) is 6.04. The number of benzene rings is 1. The van der Waals surface area contributed by atoms with E-state index in [1.165, 1.54) is 0 Å². The van der Waals surface area contributed by atoms with E-state index >= 15 is 0 Å². The van der Waals surface area contributed by atoms with E-state index in [4.69, 9.17) is 4.74 Å². The van der Waals surface area contributed by atoms with Crippen molar-refractivity contribution in [3.63, 3.8) is 0 Å². The predicted molar refractivity (Wildman–Crippen MR) is 95.9 cm³/mol. The smallest absolute Gasteiger partial charge is 0.270 e. The number of rotatable bonds is 6. The highest BCUT2D eigenvalue weighted by atomic mass is 16.5. The van der Waals surface area contributed by atoms with Gasteiger partial charge in [-0.1, -0.05) is 12.1 Å². The van der Waals surface area contributed by atoms with Crippen LogP contribution in [0.25, 0.3) is 0 Å². The molecule has 0 unspecified atom stereocenters. The molecule has 2 N–H and O–H groups in total. The number of amides is 1. The maximum atomic E-state index is 12.1. The van der Waals surface area contributed by atoms with E-state index in [0.29, 0.717) is 12.2 Å². The molecule has 0 atom stereocenters. The van der Waals surface area contributed by atoms with E-state index in [1.807, 2.05) is 42.5 Å². The Kier molecular flexibility index (Phi) is 5.21. The largest absolute Gasteiger partial charge is 0.497 e. The van der Waals surface area contributed by atoms with Crippen LogP contribution in [-0.2, 0) is 6.54 Å². The van der Waals surface area contributed by atoms with Gasteiger partial charge in [0, 0.05) is 30.7 Å². The summed E-state index contributed by atoms with van der Waals surface area (Å²) in [5.41, 5.74) is 2.97. The zero-order valence-electron chi connectivity index (χ0n) is 13.8. The summed E-state index contributed by atoms with van der Waals surface area (Å²) >= 11 is 0. The van der Waals surface area contributed by atoms with Crippen molar-refractivity contribution in [2.24, 2.45) is 0 Å². The van der Waals surface area contributed by atoms with Crippen molar-refractivity contribution in [3.8, 4) is 5.75 Å². The first-order chi connectivity index (χ1) is 12.2. The summed E-state index contributed by atoms with van der Waals surface area (Å²) in [6.07, 6.45) is 5.04. The number of aromatic nitrogens is 2. The topological polar surface area (TPSA) is 76.1 Å². The fraction of sp³-hybridized carbons (Fsp3) is 0.105. The van der Waals surface area contributed by atoms with Crippen molar-refractivity contribution in [2.45, 2.75) is 6.54 Å². The highest BCUT2D eigenvalue weighted by Crippen LogP contribution is 2.20. The summed E-state index contributed by atoms with van der Waals surface area (Å²) in [5.74, 6) is 0.543. The van der Waals surface area contributed by atoms with E-state index in [1.54, 1.807) is 31.8 Å². The van der Waals surface area contributed by atoms with Crippen LogP contribution in [0.4, 0.5) is 11.4 Å². The summed E-state index contributed by atoms with van der Waals surface area (Å²) in [6, 6.07) is 14.8. The Morgan fingerprint density at radius 2 is 2.00 bits per heavy atom. The zero-order valence-corrected chi connectivity index (χ0v) is 13.8. The number of hydrogen-bond acceptors (Lipinski definition) is 5. The fourth-order valence-corrected chi connectivity index (χ4v) is 2.25. The molecule has 2 heterocycles. The molecule has 3 aromatic rings. The second-order valence-corrected chi connectivity index (χ2v) is 5.33. The maximum absolute atomic E-state index is 12.1. The van der Waals surface area contributed by atoms with Gasteiger partial charge in [-0.05, 0) is 35.9 Å². The summed E-state index contributed by atoms with van der Waals surface area (Å²) < 4.78 is 5.19. The second kappa shape index (κ2) is 7.92. The minimum atomic E-state index is -0.225. The Hall–Kier alpha value is -3.41. The first kappa shape index (κ1) is 16.4. The summed E-state index contributed by atoms with van der Waals surface area (Å²) in [7, 11) is 1.62. The Labute approximate surface area is 145 Å². The van der Waals surface area contributed by atoms with Crippen LogP contribution in [0.3, 0.4) is 0 Å². The Balaban J connectivity index is 1.60. The molecular weight excluding hydrogens is 316 g/mol. The minimum absolute atomic E-state index is 0.225. The third-order valence-corrected chi connectivity index (χ3v) is 3.53. The molecule has 2 aromatic heterocycles. The van der Waals surface area contributed by atoms with Gasteiger partial charge in [0.05, 0.1) is 19.0 Å². The molecule has 0 saturated heterocycles. The van der Waals surface area contributed by atoms with E-state index in [2.05, 4.69) is 20.6 Å². The first-order valence-corrected chi connectivity index (χ1v) is 7.79. The Bertz CT molecular complexity index is 836. The third-order valence-electron chi connectivity index (χ3n) is 3.53. The van der Waals surface area contributed by atoms with Crippen molar-refractivity contribution in [1.29, 1.82) is 0 Å². The van der Waals surface area contributed by atoms with Gasteiger partial charge in [-0.3, -0.25) is 9.78 Å². The Morgan fingerprint density at radius 3 is 2.72 bits per heavy atom. The van der Waals surface area contributed by atoms with Crippen molar-refractivity contribution in [1.82, 2.24) is 15.3 Å². The number of nitrogens with zero attached hydrogens (tertiary/aromatic N) is 2. The van der Waals surface area contributed by atoms with Gasteiger partial charge in [0.2, 0.25) is 0 Å². The highest BCUT2D eigenvalue weighted by molar-refractivity contribution is 5.92. The molecule has 1 aromatic carbocycles. The standard InChI is InChI=1S/C19H18N4O2/c1-25-17-6-2-5-15(10-17)23-16-7-8-18(21-13-16)19(24)22-12-14-4-3-9-20-11-14/h2-11,13,23H,12H2,1H3,(H,22,24). The molecule has 0 fully saturated rings. The predicted octanol–water partition coefficient (Wildman–Crippen LogP) is 3.16. The quantitative estimate of drug-likeness (QED) is 0.724. The number of carbonyl (C=O) groups excluding carboxylic acids is 1. The normalized spacial score (nSPS) is 10.1. The van der Waals surface area contributed by atoms with Gasteiger partial charge >= 0.3 is 0 Å². The van der Waals surface area contributed by atoms with Gasteiger partial charge < -0.3 is 15.4 Å². The lowest BCUT2D eigenvalue weighted by Crippen LogP contribution is -2.23. The van der Waals surface area contributed by atoms with Crippen molar-refractivity contribution < 1.29 is 9.53 Å². The number of ether oxygens (including phenoxy) is 1. The van der Waals surface area contributed by atoms with Gasteiger partial charge in [-0.15, -0.1) is 0 Å². The van der Waals surface area contributed by atoms with E-state index in [-0.39, 0.29) is 5.91 Å². The van der Waals surface area contributed by atoms with Gasteiger partial charge in [0.1, 0.15) is 11.4 Å². The van der Waals surface area contributed by atoms with Crippen LogP contribution < -0.4 is 15.4 Å². The molecule has 0 bridgehead atoms. The zero-order chi connectivity index (χ0) is 17.5. The van der Waals surface area contributed by atoms with E-state index in [0.717, 1.165) is 22.7 Å². The molecule has 1 amide bonds. The third kappa shape index (κ3) is 4.54. The summed E-state index contributed by atoms with van der Waals surface area (Å²) in [6.45, 7) is 0.415. The number of anilines is 2. The summed E-state index contributed by atoms with van der Waals surface area (Å²) in [4.78, 5) is 20.4. The molecule has 0 radical (unpaired) electrons. The van der Waals surface area contributed by atoms with Crippen molar-refractivity contribution in [2.75, 3.05) is 12.4 Å². The van der Waals surface area contributed by atoms with Crippen molar-refractivity contribution in [3.05, 3.63) is 78.4 Å². The number of hydrogen-bond donors (Lipinski definition) is 2. The van der Waals surface area contributed by atoms with Crippen LogP contribution in [0.1, 0.15) is 16.1 Å². The minimum Gasteiger partial charge on any atom is -0.497 e. The molecule has 0 saturated carbocycles. The molecular formula is C19H18N4O2. The number of methoxy groups -OCH3 is 1. The van der Waals surface area contributed by atoms with Crippen LogP contribution in [0.15, 0.2) is 67.1 Å². The van der Waals surface area contributed by atoms with E-state index in [9.17, 15) is 4.79 Å². The average Bonchev–Trinajstić information content (AvgIpc) is 2.67. The van der Waals surface area contributed by atoms with Gasteiger partial charge in [0.15, 0.2) is 0 Å². The van der Waals surface area contributed by atoms with Crippen LogP contribution in [0.5, 0.6) is 5.75 Å². The van der Waals surface area contributed by atoms with Crippen LogP contribution in [0.2, 0.25) is 0 Å². The number of pyridine rings is 2. The van der Waals surface area contributed by atoms with Gasteiger partial charge in [-0.25, -0.2) is 4.98 Å². The maximum Gasteiger partial charge on any atom is 0.270 e. The molecule has 6 heteroatoms. The average molecular weight is 334 g/mol. The van der Waals surface area contributed by atoms with E-state index < -0.39 is 0 Å². The van der Waals surface area contributed by atoms with Gasteiger partial charge in [-0.2, -0.15) is 0 Å². The monoisotopic (exact) mass is 334 g/mol. The lowest BCUT2D eigenvalue weighted by molar-refractivity contribution is 0.0946. The lowest BCUT2D eigenvalue weighted by Gasteiger charge is -2.09. The van der Waals surface area contributed by atoms with Crippen molar-refractivity contribution >= 4 is 17.3 Å². The Morgan fingerprint density at radius 1 is 1.08 bits per heavy atom. The molecule has 25 heavy (non-hydrogen) atoms. The first-order valence-electron chi connectivity index (χ1n) is 7.79. The molecule has 0 aliphatic rings.